The predicted octanol–water partition coefficient (Wildman–Crippen LogP) is 2.32. The maximum Gasteiger partial charge on any atom is 0.303 e. The number of anilines is 2. The van der Waals surface area contributed by atoms with E-state index in [1.807, 2.05) is 0 Å². The van der Waals surface area contributed by atoms with Crippen LogP contribution in [0.5, 0.6) is 0 Å². The van der Waals surface area contributed by atoms with Crippen molar-refractivity contribution in [1.82, 2.24) is 9.88 Å². The molecule has 1 aromatic carbocycles. The number of carboxylic acid groups (broad SMARTS) is 1. The standard InChI is InChI=1S/C19H20F2N4O4/c20-19(21)7-9-25(11-19)16(27)10-23-13-6-8-22-18-12(13)2-1-3-14(18)24-15(26)4-5-17(28)29/h1-3,6,8H,4-5,7,9-11H2,(H,22,23)(H,24,26)(H,28,29). The maximum absolute atomic E-state index is 13.3. The van der Waals surface area contributed by atoms with Gasteiger partial charge in [0.15, 0.2) is 0 Å². The van der Waals surface area contributed by atoms with E-state index in [2.05, 4.69) is 15.6 Å². The largest absolute Gasteiger partial charge is 0.481 e. The highest BCUT2D eigenvalue weighted by atomic mass is 19.3. The van der Waals surface area contributed by atoms with E-state index in [1.165, 1.54) is 6.20 Å². The van der Waals surface area contributed by atoms with Gasteiger partial charge in [-0.05, 0) is 12.1 Å². The number of pyridine rings is 1. The molecule has 2 amide bonds. The Bertz CT molecular complexity index is 951. The van der Waals surface area contributed by atoms with Crippen LogP contribution in [0.3, 0.4) is 0 Å². The number of carbonyl (C=O) groups is 3. The topological polar surface area (TPSA) is 112 Å². The van der Waals surface area contributed by atoms with Crippen molar-refractivity contribution in [2.24, 2.45) is 0 Å². The molecule has 2 heterocycles. The van der Waals surface area contributed by atoms with Crippen molar-refractivity contribution in [2.75, 3.05) is 30.3 Å². The third-order valence-corrected chi connectivity index (χ3v) is 4.56. The number of carbonyl (C=O) groups excluding carboxylic acids is 2. The molecule has 3 N–H and O–H groups in total. The number of aliphatic carboxylic acids is 1. The molecule has 1 aromatic heterocycles. The SMILES string of the molecule is O=C(O)CCC(=O)Nc1cccc2c(NCC(=O)N3CCC(F)(F)C3)ccnc12. The van der Waals surface area contributed by atoms with Gasteiger partial charge in [-0.1, -0.05) is 12.1 Å². The number of halogens is 2. The number of nitrogens with one attached hydrogen (secondary N) is 2. The summed E-state index contributed by atoms with van der Waals surface area (Å²) in [6.45, 7) is -0.696. The van der Waals surface area contributed by atoms with Crippen molar-refractivity contribution in [3.63, 3.8) is 0 Å². The molecule has 1 saturated heterocycles. The second-order valence-electron chi connectivity index (χ2n) is 6.78. The normalized spacial score (nSPS) is 15.3. The van der Waals surface area contributed by atoms with Crippen LogP contribution in [-0.4, -0.2) is 58.3 Å². The van der Waals surface area contributed by atoms with Crippen molar-refractivity contribution < 1.29 is 28.3 Å². The summed E-state index contributed by atoms with van der Waals surface area (Å²) in [5, 5.41) is 14.9. The second-order valence-corrected chi connectivity index (χ2v) is 6.78. The number of rotatable bonds is 7. The van der Waals surface area contributed by atoms with Crippen molar-refractivity contribution >= 4 is 40.1 Å². The number of hydrogen-bond acceptors (Lipinski definition) is 5. The average Bonchev–Trinajstić information content (AvgIpc) is 3.04. The van der Waals surface area contributed by atoms with Crippen molar-refractivity contribution in [3.8, 4) is 0 Å². The average molecular weight is 406 g/mol. The lowest BCUT2D eigenvalue weighted by Crippen LogP contribution is -2.35. The van der Waals surface area contributed by atoms with Crippen molar-refractivity contribution in [1.29, 1.82) is 0 Å². The van der Waals surface area contributed by atoms with E-state index in [4.69, 9.17) is 5.11 Å². The Morgan fingerprint density at radius 3 is 2.66 bits per heavy atom. The third kappa shape index (κ3) is 5.15. The van der Waals surface area contributed by atoms with E-state index in [-0.39, 0.29) is 32.4 Å². The van der Waals surface area contributed by atoms with Crippen LogP contribution in [-0.2, 0) is 14.4 Å². The minimum Gasteiger partial charge on any atom is -0.481 e. The number of fused-ring (bicyclic) bond motifs is 1. The second kappa shape index (κ2) is 8.38. The summed E-state index contributed by atoms with van der Waals surface area (Å²) >= 11 is 0. The maximum atomic E-state index is 13.3. The lowest BCUT2D eigenvalue weighted by Gasteiger charge is -2.17. The first kappa shape index (κ1) is 20.4. The minimum absolute atomic E-state index is 0.0249. The molecular formula is C19H20F2N4O4. The number of nitrogens with zero attached hydrogens (tertiary/aromatic N) is 2. The Hall–Kier alpha value is -3.30. The van der Waals surface area contributed by atoms with Gasteiger partial charge in [-0.2, -0.15) is 0 Å². The fourth-order valence-corrected chi connectivity index (χ4v) is 3.10. The Morgan fingerprint density at radius 1 is 1.17 bits per heavy atom. The molecule has 1 aliphatic heterocycles. The number of alkyl halides is 2. The molecule has 0 atom stereocenters. The molecule has 0 radical (unpaired) electrons. The summed E-state index contributed by atoms with van der Waals surface area (Å²) in [6, 6.07) is 6.70. The molecule has 1 fully saturated rings. The summed E-state index contributed by atoms with van der Waals surface area (Å²) in [6.07, 6.45) is 0.709. The lowest BCUT2D eigenvalue weighted by molar-refractivity contribution is -0.138. The summed E-state index contributed by atoms with van der Waals surface area (Å²) < 4.78 is 26.6. The monoisotopic (exact) mass is 406 g/mol. The summed E-state index contributed by atoms with van der Waals surface area (Å²) in [4.78, 5) is 40.1. The molecule has 29 heavy (non-hydrogen) atoms. The number of para-hydroxylation sites is 1. The Kier molecular flexibility index (Phi) is 5.90. The summed E-state index contributed by atoms with van der Waals surface area (Å²) in [5.41, 5.74) is 1.43. The van der Waals surface area contributed by atoms with Crippen LogP contribution < -0.4 is 10.6 Å². The number of hydrogen-bond donors (Lipinski definition) is 3. The smallest absolute Gasteiger partial charge is 0.303 e. The number of likely N-dealkylation sites (tertiary alicyclic amines) is 1. The van der Waals surface area contributed by atoms with E-state index < -0.39 is 30.3 Å². The highest BCUT2D eigenvalue weighted by Crippen LogP contribution is 2.29. The first-order chi connectivity index (χ1) is 13.7. The van der Waals surface area contributed by atoms with Crippen LogP contribution in [0.4, 0.5) is 20.2 Å². The van der Waals surface area contributed by atoms with E-state index in [0.29, 0.717) is 22.3 Å². The van der Waals surface area contributed by atoms with Crippen LogP contribution in [0.25, 0.3) is 10.9 Å². The number of amides is 2. The van der Waals surface area contributed by atoms with Gasteiger partial charge < -0.3 is 20.6 Å². The zero-order valence-electron chi connectivity index (χ0n) is 15.5. The number of carboxylic acids is 1. The zero-order valence-corrected chi connectivity index (χ0v) is 15.5. The van der Waals surface area contributed by atoms with Gasteiger partial charge in [-0.3, -0.25) is 19.4 Å². The zero-order chi connectivity index (χ0) is 21.0. The Labute approximate surface area is 164 Å². The fraction of sp³-hybridized carbons (Fsp3) is 0.368. The predicted molar refractivity (Wildman–Crippen MR) is 102 cm³/mol. The molecular weight excluding hydrogens is 386 g/mol. The number of benzene rings is 1. The molecule has 0 unspecified atom stereocenters. The molecule has 10 heteroatoms. The molecule has 8 nitrogen and oxygen atoms in total. The van der Waals surface area contributed by atoms with Crippen LogP contribution in [0.1, 0.15) is 19.3 Å². The minimum atomic E-state index is -2.84. The molecule has 0 spiro atoms. The molecule has 2 aromatic rings. The molecule has 0 saturated carbocycles. The molecule has 0 aliphatic carbocycles. The molecule has 3 rings (SSSR count). The third-order valence-electron chi connectivity index (χ3n) is 4.56. The molecule has 1 aliphatic rings. The van der Waals surface area contributed by atoms with Gasteiger partial charge in [0.05, 0.1) is 30.7 Å². The van der Waals surface area contributed by atoms with Gasteiger partial charge in [0.25, 0.3) is 5.92 Å². The van der Waals surface area contributed by atoms with Crippen LogP contribution in [0.15, 0.2) is 30.5 Å². The fourth-order valence-electron chi connectivity index (χ4n) is 3.10. The quantitative estimate of drug-likeness (QED) is 0.651. The van der Waals surface area contributed by atoms with E-state index in [0.717, 1.165) is 4.90 Å². The van der Waals surface area contributed by atoms with Crippen LogP contribution >= 0.6 is 0 Å². The highest BCUT2D eigenvalue weighted by molar-refractivity contribution is 6.04. The Balaban J connectivity index is 1.70. The summed E-state index contributed by atoms with van der Waals surface area (Å²) in [5.74, 6) is -4.79. The summed E-state index contributed by atoms with van der Waals surface area (Å²) in [7, 11) is 0. The first-order valence-corrected chi connectivity index (χ1v) is 9.04. The van der Waals surface area contributed by atoms with Crippen LogP contribution in [0, 0.1) is 0 Å². The van der Waals surface area contributed by atoms with E-state index in [9.17, 15) is 23.2 Å². The van der Waals surface area contributed by atoms with Crippen molar-refractivity contribution in [2.45, 2.75) is 25.2 Å². The molecule has 154 valence electrons. The Morgan fingerprint density at radius 2 is 1.97 bits per heavy atom. The molecule has 0 bridgehead atoms. The van der Waals surface area contributed by atoms with Gasteiger partial charge in [0, 0.05) is 36.7 Å². The first-order valence-electron chi connectivity index (χ1n) is 9.04. The van der Waals surface area contributed by atoms with Gasteiger partial charge in [-0.25, -0.2) is 8.78 Å². The lowest BCUT2D eigenvalue weighted by atomic mass is 10.1. The van der Waals surface area contributed by atoms with Gasteiger partial charge in [-0.15, -0.1) is 0 Å². The van der Waals surface area contributed by atoms with Crippen LogP contribution in [0.2, 0.25) is 0 Å². The van der Waals surface area contributed by atoms with Gasteiger partial charge >= 0.3 is 5.97 Å². The number of aromatic nitrogens is 1. The van der Waals surface area contributed by atoms with Gasteiger partial charge in [0.1, 0.15) is 0 Å². The highest BCUT2D eigenvalue weighted by Gasteiger charge is 2.40. The van der Waals surface area contributed by atoms with E-state index >= 15 is 0 Å². The van der Waals surface area contributed by atoms with Crippen molar-refractivity contribution in [3.05, 3.63) is 30.5 Å². The van der Waals surface area contributed by atoms with E-state index in [1.54, 1.807) is 24.3 Å². The van der Waals surface area contributed by atoms with Gasteiger partial charge in [0.2, 0.25) is 11.8 Å².